The van der Waals surface area contributed by atoms with Gasteiger partial charge >= 0.3 is 0 Å². The third-order valence-corrected chi connectivity index (χ3v) is 3.84. The van der Waals surface area contributed by atoms with Crippen LogP contribution in [0.15, 0.2) is 18.2 Å². The summed E-state index contributed by atoms with van der Waals surface area (Å²) in [6.45, 7) is 4.06. The lowest BCUT2D eigenvalue weighted by molar-refractivity contribution is 0.131. The van der Waals surface area contributed by atoms with Crippen LogP contribution in [-0.2, 0) is 6.54 Å². The summed E-state index contributed by atoms with van der Waals surface area (Å²) in [4.78, 5) is 2.45. The fourth-order valence-electron chi connectivity index (χ4n) is 2.97. The minimum Gasteiger partial charge on any atom is -0.296 e. The summed E-state index contributed by atoms with van der Waals surface area (Å²) >= 11 is 0. The van der Waals surface area contributed by atoms with Crippen molar-refractivity contribution in [2.24, 2.45) is 0 Å². The largest absolute Gasteiger partial charge is 0.296 e. The molecule has 1 aromatic carbocycles. The van der Waals surface area contributed by atoms with Gasteiger partial charge in [0.15, 0.2) is 0 Å². The minimum absolute atomic E-state index is 0.307. The normalized spacial score (nSPS) is 20.2. The van der Waals surface area contributed by atoms with Gasteiger partial charge in [-0.1, -0.05) is 19.8 Å². The van der Waals surface area contributed by atoms with Crippen LogP contribution >= 0.6 is 0 Å². The molecule has 1 atom stereocenters. The van der Waals surface area contributed by atoms with E-state index in [1.807, 2.05) is 6.07 Å². The number of halogens is 1. The molecular formula is C16H21FN2. The Balaban J connectivity index is 2.10. The van der Waals surface area contributed by atoms with Crippen LogP contribution in [-0.4, -0.2) is 17.5 Å². The quantitative estimate of drug-likeness (QED) is 0.822. The summed E-state index contributed by atoms with van der Waals surface area (Å²) in [5, 5.41) is 8.90. The van der Waals surface area contributed by atoms with Gasteiger partial charge in [-0.3, -0.25) is 4.90 Å². The molecule has 1 heterocycles. The van der Waals surface area contributed by atoms with Crippen LogP contribution in [0.3, 0.4) is 0 Å². The Morgan fingerprint density at radius 2 is 2.21 bits per heavy atom. The molecule has 102 valence electrons. The lowest BCUT2D eigenvalue weighted by atomic mass is 9.97. The van der Waals surface area contributed by atoms with E-state index in [2.05, 4.69) is 11.8 Å². The van der Waals surface area contributed by atoms with Crippen LogP contribution in [0.2, 0.25) is 0 Å². The Labute approximate surface area is 114 Å². The first-order chi connectivity index (χ1) is 9.22. The molecule has 0 aromatic heterocycles. The lowest BCUT2D eigenvalue weighted by Crippen LogP contribution is -2.38. The zero-order valence-corrected chi connectivity index (χ0v) is 11.5. The summed E-state index contributed by atoms with van der Waals surface area (Å²) in [7, 11) is 0. The molecule has 2 nitrogen and oxygen atoms in total. The average Bonchev–Trinajstić information content (AvgIpc) is 2.40. The third-order valence-electron chi connectivity index (χ3n) is 3.84. The van der Waals surface area contributed by atoms with E-state index in [1.54, 1.807) is 12.1 Å². The van der Waals surface area contributed by atoms with Crippen molar-refractivity contribution >= 4 is 0 Å². The minimum atomic E-state index is -0.307. The average molecular weight is 260 g/mol. The van der Waals surface area contributed by atoms with E-state index in [4.69, 9.17) is 5.26 Å². The number of hydrogen-bond acceptors (Lipinski definition) is 2. The molecule has 19 heavy (non-hydrogen) atoms. The van der Waals surface area contributed by atoms with E-state index >= 15 is 0 Å². The number of likely N-dealkylation sites (tertiary alicyclic amines) is 1. The first kappa shape index (κ1) is 14.0. The molecule has 0 N–H and O–H groups in total. The van der Waals surface area contributed by atoms with Gasteiger partial charge in [0.25, 0.3) is 0 Å². The standard InChI is InChI=1S/C16H21FN2/c1-2-5-16-6-3-4-7-19(16)12-14-8-13(11-18)9-15(17)10-14/h8-10,16H,2-7,12H2,1H3. The highest BCUT2D eigenvalue weighted by molar-refractivity contribution is 5.33. The van der Waals surface area contributed by atoms with Crippen molar-refractivity contribution in [3.8, 4) is 6.07 Å². The molecule has 0 amide bonds. The monoisotopic (exact) mass is 260 g/mol. The van der Waals surface area contributed by atoms with Crippen molar-refractivity contribution in [2.45, 2.75) is 51.6 Å². The number of benzene rings is 1. The number of nitrogens with zero attached hydrogens (tertiary/aromatic N) is 2. The molecule has 1 aromatic rings. The highest BCUT2D eigenvalue weighted by Crippen LogP contribution is 2.23. The molecule has 1 saturated heterocycles. The Kier molecular flexibility index (Phi) is 4.93. The SMILES string of the molecule is CCCC1CCCCN1Cc1cc(F)cc(C#N)c1. The second-order valence-corrected chi connectivity index (χ2v) is 5.37. The lowest BCUT2D eigenvalue weighted by Gasteiger charge is -2.35. The van der Waals surface area contributed by atoms with Crippen LogP contribution in [0, 0.1) is 17.1 Å². The predicted octanol–water partition coefficient (Wildman–Crippen LogP) is 3.85. The summed E-state index contributed by atoms with van der Waals surface area (Å²) in [6.07, 6.45) is 6.16. The molecule has 0 saturated carbocycles. The molecule has 0 radical (unpaired) electrons. The molecule has 1 aliphatic rings. The maximum Gasteiger partial charge on any atom is 0.124 e. The number of rotatable bonds is 4. The summed E-state index contributed by atoms with van der Waals surface area (Å²) in [5.74, 6) is -0.307. The molecule has 1 fully saturated rings. The fraction of sp³-hybridized carbons (Fsp3) is 0.562. The maximum atomic E-state index is 13.4. The highest BCUT2D eigenvalue weighted by Gasteiger charge is 2.21. The van der Waals surface area contributed by atoms with Gasteiger partial charge in [-0.2, -0.15) is 5.26 Å². The smallest absolute Gasteiger partial charge is 0.124 e. The molecule has 1 unspecified atom stereocenters. The first-order valence-electron chi connectivity index (χ1n) is 7.16. The van der Waals surface area contributed by atoms with Crippen LogP contribution in [0.1, 0.15) is 50.2 Å². The van der Waals surface area contributed by atoms with Gasteiger partial charge in [0, 0.05) is 12.6 Å². The van der Waals surface area contributed by atoms with E-state index in [0.29, 0.717) is 11.6 Å². The Bertz CT molecular complexity index is 462. The summed E-state index contributed by atoms with van der Waals surface area (Å²) in [5.41, 5.74) is 1.33. The highest BCUT2D eigenvalue weighted by atomic mass is 19.1. The molecule has 3 heteroatoms. The van der Waals surface area contributed by atoms with Gasteiger partial charge in [-0.15, -0.1) is 0 Å². The van der Waals surface area contributed by atoms with E-state index in [1.165, 1.54) is 38.2 Å². The summed E-state index contributed by atoms with van der Waals surface area (Å²) < 4.78 is 13.4. The van der Waals surface area contributed by atoms with Crippen LogP contribution in [0.4, 0.5) is 4.39 Å². The summed E-state index contributed by atoms with van der Waals surface area (Å²) in [6, 6.07) is 7.30. The Hall–Kier alpha value is -1.40. The van der Waals surface area contributed by atoms with Crippen molar-refractivity contribution in [3.63, 3.8) is 0 Å². The second-order valence-electron chi connectivity index (χ2n) is 5.37. The maximum absolute atomic E-state index is 13.4. The molecule has 0 bridgehead atoms. The van der Waals surface area contributed by atoms with Gasteiger partial charge in [0.05, 0.1) is 11.6 Å². The van der Waals surface area contributed by atoms with Crippen molar-refractivity contribution in [2.75, 3.05) is 6.54 Å². The van der Waals surface area contributed by atoms with Crippen LogP contribution < -0.4 is 0 Å². The third kappa shape index (κ3) is 3.78. The van der Waals surface area contributed by atoms with Crippen LogP contribution in [0.5, 0.6) is 0 Å². The number of hydrogen-bond donors (Lipinski definition) is 0. The molecule has 0 aliphatic carbocycles. The number of nitriles is 1. The second kappa shape index (κ2) is 6.68. The van der Waals surface area contributed by atoms with Crippen LogP contribution in [0.25, 0.3) is 0 Å². The fourth-order valence-corrected chi connectivity index (χ4v) is 2.97. The van der Waals surface area contributed by atoms with E-state index in [0.717, 1.165) is 18.7 Å². The first-order valence-corrected chi connectivity index (χ1v) is 7.16. The van der Waals surface area contributed by atoms with Gasteiger partial charge in [-0.25, -0.2) is 4.39 Å². The zero-order valence-electron chi connectivity index (χ0n) is 11.5. The molecule has 0 spiro atoms. The molecule has 1 aliphatic heterocycles. The van der Waals surface area contributed by atoms with Gasteiger partial charge in [-0.05, 0) is 49.6 Å². The Morgan fingerprint density at radius 3 is 2.95 bits per heavy atom. The Morgan fingerprint density at radius 1 is 1.37 bits per heavy atom. The van der Waals surface area contributed by atoms with E-state index < -0.39 is 0 Å². The predicted molar refractivity (Wildman–Crippen MR) is 74.1 cm³/mol. The van der Waals surface area contributed by atoms with Gasteiger partial charge in [0.1, 0.15) is 5.82 Å². The van der Waals surface area contributed by atoms with Gasteiger partial charge < -0.3 is 0 Å². The molecule has 2 rings (SSSR count). The van der Waals surface area contributed by atoms with Gasteiger partial charge in [0.2, 0.25) is 0 Å². The van der Waals surface area contributed by atoms with Crippen molar-refractivity contribution in [1.82, 2.24) is 4.90 Å². The number of piperidine rings is 1. The molecular weight excluding hydrogens is 239 g/mol. The topological polar surface area (TPSA) is 27.0 Å². The van der Waals surface area contributed by atoms with E-state index in [9.17, 15) is 4.39 Å². The van der Waals surface area contributed by atoms with Crippen molar-refractivity contribution in [3.05, 3.63) is 35.1 Å². The van der Waals surface area contributed by atoms with Crippen molar-refractivity contribution in [1.29, 1.82) is 5.26 Å². The van der Waals surface area contributed by atoms with Crippen molar-refractivity contribution < 1.29 is 4.39 Å². The zero-order chi connectivity index (χ0) is 13.7. The van der Waals surface area contributed by atoms with E-state index in [-0.39, 0.29) is 5.82 Å².